The van der Waals surface area contributed by atoms with Gasteiger partial charge in [0.25, 0.3) is 11.4 Å². The predicted molar refractivity (Wildman–Crippen MR) is 92.9 cm³/mol. The van der Waals surface area contributed by atoms with Crippen molar-refractivity contribution in [1.82, 2.24) is 0 Å². The second-order valence-electron chi connectivity index (χ2n) is 5.85. The minimum Gasteiger partial charge on any atom is -0.258 e. The van der Waals surface area contributed by atoms with Crippen molar-refractivity contribution in [3.8, 4) is 0 Å². The van der Waals surface area contributed by atoms with Crippen LogP contribution in [0.3, 0.4) is 0 Å². The Morgan fingerprint density at radius 3 is 1.34 bits per heavy atom. The van der Waals surface area contributed by atoms with Crippen molar-refractivity contribution in [2.24, 2.45) is 0 Å². The maximum atomic E-state index is 13.9. The average Bonchev–Trinajstić information content (AvgIpc) is 2.55. The van der Waals surface area contributed by atoms with Crippen molar-refractivity contribution >= 4 is 35.0 Å². The van der Waals surface area contributed by atoms with E-state index in [2.05, 4.69) is 0 Å². The highest BCUT2D eigenvalue weighted by atomic mass is 35.5. The molecule has 0 amide bonds. The molecule has 29 heavy (non-hydrogen) atoms. The number of hydrogen-bond acceptors (Lipinski definition) is 5. The Kier molecular flexibility index (Phi) is 6.10. The van der Waals surface area contributed by atoms with Gasteiger partial charge in [0.15, 0.2) is 9.49 Å². The molecule has 2 rings (SSSR count). The van der Waals surface area contributed by atoms with E-state index in [1.807, 2.05) is 0 Å². The standard InChI is InChI=1S/C14H8Cl2F6N2O4S/c15-9-5-7(23(25)26)1-3-11(9,13(17,18)19)29-12(14(20,21)22)4-2-8(24(27)28)6-10(12)16/h1-6,9-10H. The van der Waals surface area contributed by atoms with Crippen LogP contribution in [0.4, 0.5) is 26.3 Å². The van der Waals surface area contributed by atoms with Gasteiger partial charge in [0.1, 0.15) is 0 Å². The van der Waals surface area contributed by atoms with Gasteiger partial charge in [0, 0.05) is 24.3 Å². The van der Waals surface area contributed by atoms with Crippen molar-refractivity contribution in [2.45, 2.75) is 32.6 Å². The van der Waals surface area contributed by atoms with Gasteiger partial charge in [0.05, 0.1) is 20.6 Å². The molecule has 0 bridgehead atoms. The lowest BCUT2D eigenvalue weighted by atomic mass is 9.95. The maximum Gasteiger partial charge on any atom is 0.408 e. The average molecular weight is 485 g/mol. The maximum absolute atomic E-state index is 13.9. The molecule has 0 heterocycles. The van der Waals surface area contributed by atoms with E-state index in [1.165, 1.54) is 0 Å². The third-order valence-corrected chi connectivity index (χ3v) is 7.22. The zero-order valence-corrected chi connectivity index (χ0v) is 15.9. The second-order valence-corrected chi connectivity index (χ2v) is 8.35. The number of thioether (sulfide) groups is 1. The number of nitrogens with zero attached hydrogens (tertiary/aromatic N) is 2. The zero-order valence-electron chi connectivity index (χ0n) is 13.6. The first-order chi connectivity index (χ1) is 13.1. The minimum absolute atomic E-state index is 0.172. The first kappa shape index (κ1) is 23.5. The van der Waals surface area contributed by atoms with Crippen molar-refractivity contribution in [1.29, 1.82) is 0 Å². The zero-order chi connectivity index (χ0) is 22.4. The lowest BCUT2D eigenvalue weighted by Gasteiger charge is -2.45. The quantitative estimate of drug-likeness (QED) is 0.242. The predicted octanol–water partition coefficient (Wildman–Crippen LogP) is 5.00. The molecule has 4 atom stereocenters. The number of halogens is 8. The summed E-state index contributed by atoms with van der Waals surface area (Å²) in [6.45, 7) is 0. The summed E-state index contributed by atoms with van der Waals surface area (Å²) in [7, 11) is 0. The highest BCUT2D eigenvalue weighted by Crippen LogP contribution is 2.60. The third kappa shape index (κ3) is 3.99. The van der Waals surface area contributed by atoms with Gasteiger partial charge in [-0.25, -0.2) is 0 Å². The Bertz CT molecular complexity index is 788. The van der Waals surface area contributed by atoms with E-state index in [9.17, 15) is 46.6 Å². The Labute approximate surface area is 172 Å². The molecular formula is C14H8Cl2F6N2O4S. The SMILES string of the molecule is O=[N+]([O-])C1=CC(Cl)C(SC2(C(F)(F)F)C=CC([N+](=O)[O-])=CC2Cl)(C(F)(F)F)C=C1. The first-order valence-corrected chi connectivity index (χ1v) is 8.99. The van der Waals surface area contributed by atoms with Crippen LogP contribution < -0.4 is 0 Å². The van der Waals surface area contributed by atoms with E-state index in [1.54, 1.807) is 0 Å². The van der Waals surface area contributed by atoms with Crippen LogP contribution in [0.25, 0.3) is 0 Å². The molecule has 0 aliphatic heterocycles. The molecule has 0 aromatic rings. The monoisotopic (exact) mass is 484 g/mol. The summed E-state index contributed by atoms with van der Waals surface area (Å²) in [5.41, 5.74) is -1.66. The van der Waals surface area contributed by atoms with E-state index in [0.29, 0.717) is 24.3 Å². The van der Waals surface area contributed by atoms with E-state index >= 15 is 0 Å². The molecule has 0 radical (unpaired) electrons. The van der Waals surface area contributed by atoms with Crippen LogP contribution in [0.2, 0.25) is 0 Å². The van der Waals surface area contributed by atoms with Gasteiger partial charge in [-0.1, -0.05) is 12.2 Å². The van der Waals surface area contributed by atoms with Gasteiger partial charge in [-0.05, 0) is 0 Å². The summed E-state index contributed by atoms with van der Waals surface area (Å²) in [5, 5.41) is 17.0. The van der Waals surface area contributed by atoms with Gasteiger partial charge in [-0.3, -0.25) is 20.2 Å². The summed E-state index contributed by atoms with van der Waals surface area (Å²) >= 11 is 10.7. The molecule has 4 unspecified atom stereocenters. The molecule has 0 saturated heterocycles. The van der Waals surface area contributed by atoms with Crippen molar-refractivity contribution in [3.05, 3.63) is 68.1 Å². The lowest BCUT2D eigenvalue weighted by molar-refractivity contribution is -0.419. The summed E-state index contributed by atoms with van der Waals surface area (Å²) < 4.78 is 76.5. The molecule has 0 spiro atoms. The summed E-state index contributed by atoms with van der Waals surface area (Å²) in [6, 6.07) is 0. The van der Waals surface area contributed by atoms with Crippen LogP contribution in [-0.2, 0) is 0 Å². The number of rotatable bonds is 4. The molecule has 0 aromatic heterocycles. The Balaban J connectivity index is 2.63. The molecule has 2 aliphatic carbocycles. The molecule has 6 nitrogen and oxygen atoms in total. The Hall–Kier alpha value is -1.73. The van der Waals surface area contributed by atoms with Gasteiger partial charge in [-0.15, -0.1) is 35.0 Å². The summed E-state index contributed by atoms with van der Waals surface area (Å²) in [6.07, 6.45) is -8.89. The largest absolute Gasteiger partial charge is 0.408 e. The van der Waals surface area contributed by atoms with Crippen LogP contribution in [0.5, 0.6) is 0 Å². The molecule has 0 aromatic carbocycles. The number of allylic oxidation sites excluding steroid dienone is 4. The molecule has 15 heteroatoms. The highest BCUT2D eigenvalue weighted by molar-refractivity contribution is 8.02. The normalized spacial score (nSPS) is 32.6. The Morgan fingerprint density at radius 1 is 0.828 bits per heavy atom. The van der Waals surface area contributed by atoms with Crippen molar-refractivity contribution in [2.75, 3.05) is 0 Å². The van der Waals surface area contributed by atoms with Gasteiger partial charge >= 0.3 is 12.4 Å². The fourth-order valence-electron chi connectivity index (χ4n) is 2.58. The lowest BCUT2D eigenvalue weighted by Crippen LogP contribution is -2.58. The number of alkyl halides is 8. The summed E-state index contributed by atoms with van der Waals surface area (Å²) in [4.78, 5) is 19.5. The van der Waals surface area contributed by atoms with E-state index in [0.717, 1.165) is 0 Å². The molecule has 0 fully saturated rings. The molecule has 2 aliphatic rings. The van der Waals surface area contributed by atoms with E-state index < -0.39 is 65.6 Å². The molecule has 160 valence electrons. The van der Waals surface area contributed by atoms with Crippen LogP contribution in [0.15, 0.2) is 47.9 Å². The van der Waals surface area contributed by atoms with Gasteiger partial charge in [-0.2, -0.15) is 26.3 Å². The fourth-order valence-corrected chi connectivity index (χ4v) is 4.92. The Morgan fingerprint density at radius 2 is 1.14 bits per heavy atom. The fraction of sp³-hybridized carbons (Fsp3) is 0.429. The van der Waals surface area contributed by atoms with Gasteiger partial charge in [0.2, 0.25) is 0 Å². The van der Waals surface area contributed by atoms with Crippen LogP contribution >= 0.6 is 35.0 Å². The minimum atomic E-state index is -5.39. The topological polar surface area (TPSA) is 86.3 Å². The molecule has 0 N–H and O–H groups in total. The molecule has 0 saturated carbocycles. The second kappa shape index (κ2) is 7.51. The highest BCUT2D eigenvalue weighted by Gasteiger charge is 2.69. The van der Waals surface area contributed by atoms with Crippen LogP contribution in [0.1, 0.15) is 0 Å². The van der Waals surface area contributed by atoms with Gasteiger partial charge < -0.3 is 0 Å². The first-order valence-electron chi connectivity index (χ1n) is 7.30. The van der Waals surface area contributed by atoms with Crippen LogP contribution in [0, 0.1) is 20.2 Å². The van der Waals surface area contributed by atoms with Crippen molar-refractivity contribution in [3.63, 3.8) is 0 Å². The smallest absolute Gasteiger partial charge is 0.258 e. The third-order valence-electron chi connectivity index (χ3n) is 4.10. The molecular weight excluding hydrogens is 477 g/mol. The van der Waals surface area contributed by atoms with Crippen molar-refractivity contribution < 1.29 is 36.2 Å². The number of hydrogen-bond donors (Lipinski definition) is 0. The summed E-state index contributed by atoms with van der Waals surface area (Å²) in [5.74, 6) is 0. The van der Waals surface area contributed by atoms with E-state index in [4.69, 9.17) is 23.2 Å². The number of nitro groups is 2. The van der Waals surface area contributed by atoms with Crippen LogP contribution in [-0.4, -0.2) is 42.4 Å². The van der Waals surface area contributed by atoms with E-state index in [-0.39, 0.29) is 12.2 Å².